The summed E-state index contributed by atoms with van der Waals surface area (Å²) in [4.78, 5) is 12.2. The number of anilines is 1. The van der Waals surface area contributed by atoms with Crippen LogP contribution in [0.5, 0.6) is 0 Å². The Hall–Kier alpha value is -1.55. The Bertz CT molecular complexity index is 418. The van der Waals surface area contributed by atoms with Crippen molar-refractivity contribution in [3.63, 3.8) is 0 Å². The standard InChI is InChI=1S/C14H23N3O/c1-5-10(3)11(4)16-14(18)12-7-6-9(2)8-13(12)17-15/h6-8,10-11,17H,5,15H2,1-4H3,(H,16,18). The number of nitrogens with one attached hydrogen (secondary N) is 2. The first kappa shape index (κ1) is 14.5. The average Bonchev–Trinajstić information content (AvgIpc) is 2.37. The molecule has 0 aliphatic rings. The number of hydrazine groups is 1. The Kier molecular flexibility index (Phi) is 5.16. The molecule has 4 N–H and O–H groups in total. The van der Waals surface area contributed by atoms with Crippen LogP contribution < -0.4 is 16.6 Å². The highest BCUT2D eigenvalue weighted by atomic mass is 16.1. The van der Waals surface area contributed by atoms with Crippen LogP contribution in [0.25, 0.3) is 0 Å². The average molecular weight is 249 g/mol. The van der Waals surface area contributed by atoms with E-state index in [0.29, 0.717) is 17.2 Å². The largest absolute Gasteiger partial charge is 0.349 e. The zero-order valence-electron chi connectivity index (χ0n) is 11.6. The normalized spacial score (nSPS) is 13.8. The molecule has 0 fully saturated rings. The Morgan fingerprint density at radius 2 is 2.06 bits per heavy atom. The number of carbonyl (C=O) groups excluding carboxylic acids is 1. The summed E-state index contributed by atoms with van der Waals surface area (Å²) in [6.07, 6.45) is 1.04. The molecule has 18 heavy (non-hydrogen) atoms. The van der Waals surface area contributed by atoms with Gasteiger partial charge < -0.3 is 10.7 Å². The highest BCUT2D eigenvalue weighted by molar-refractivity contribution is 5.99. The molecule has 2 unspecified atom stereocenters. The first-order valence-electron chi connectivity index (χ1n) is 6.37. The van der Waals surface area contributed by atoms with Crippen molar-refractivity contribution in [2.45, 2.75) is 40.2 Å². The van der Waals surface area contributed by atoms with Gasteiger partial charge in [-0.25, -0.2) is 0 Å². The lowest BCUT2D eigenvalue weighted by molar-refractivity contribution is 0.0929. The van der Waals surface area contributed by atoms with E-state index in [-0.39, 0.29) is 11.9 Å². The molecule has 0 spiro atoms. The van der Waals surface area contributed by atoms with Gasteiger partial charge in [-0.2, -0.15) is 0 Å². The van der Waals surface area contributed by atoms with Gasteiger partial charge in [0.25, 0.3) is 5.91 Å². The smallest absolute Gasteiger partial charge is 0.253 e. The first-order valence-corrected chi connectivity index (χ1v) is 6.37. The molecule has 0 heterocycles. The van der Waals surface area contributed by atoms with Gasteiger partial charge in [0.1, 0.15) is 0 Å². The lowest BCUT2D eigenvalue weighted by atomic mass is 10.0. The lowest BCUT2D eigenvalue weighted by Crippen LogP contribution is -2.37. The second-order valence-corrected chi connectivity index (χ2v) is 4.84. The number of hydrogen-bond donors (Lipinski definition) is 3. The number of amides is 1. The van der Waals surface area contributed by atoms with E-state index in [4.69, 9.17) is 5.84 Å². The van der Waals surface area contributed by atoms with Crippen molar-refractivity contribution in [2.75, 3.05) is 5.43 Å². The molecule has 0 bridgehead atoms. The van der Waals surface area contributed by atoms with Crippen LogP contribution in [-0.2, 0) is 0 Å². The molecule has 0 aliphatic carbocycles. The van der Waals surface area contributed by atoms with Crippen molar-refractivity contribution in [2.24, 2.45) is 11.8 Å². The van der Waals surface area contributed by atoms with E-state index in [1.54, 1.807) is 6.07 Å². The van der Waals surface area contributed by atoms with E-state index in [0.717, 1.165) is 12.0 Å². The SMILES string of the molecule is CCC(C)C(C)NC(=O)c1ccc(C)cc1NN. The summed E-state index contributed by atoms with van der Waals surface area (Å²) < 4.78 is 0. The van der Waals surface area contributed by atoms with E-state index in [1.807, 2.05) is 26.0 Å². The molecule has 1 amide bonds. The van der Waals surface area contributed by atoms with Crippen molar-refractivity contribution >= 4 is 11.6 Å². The second kappa shape index (κ2) is 6.40. The van der Waals surface area contributed by atoms with Crippen molar-refractivity contribution in [1.29, 1.82) is 0 Å². The minimum Gasteiger partial charge on any atom is -0.349 e. The highest BCUT2D eigenvalue weighted by Gasteiger charge is 2.16. The van der Waals surface area contributed by atoms with E-state index in [9.17, 15) is 4.79 Å². The van der Waals surface area contributed by atoms with E-state index in [1.165, 1.54) is 0 Å². The number of hydrogen-bond acceptors (Lipinski definition) is 3. The van der Waals surface area contributed by atoms with Crippen LogP contribution >= 0.6 is 0 Å². The molecule has 4 nitrogen and oxygen atoms in total. The van der Waals surface area contributed by atoms with Gasteiger partial charge in [-0.3, -0.25) is 10.6 Å². The predicted octanol–water partition coefficient (Wildman–Crippen LogP) is 2.45. The molecule has 1 aromatic carbocycles. The first-order chi connectivity index (χ1) is 8.49. The van der Waals surface area contributed by atoms with Gasteiger partial charge >= 0.3 is 0 Å². The van der Waals surface area contributed by atoms with Crippen LogP contribution in [-0.4, -0.2) is 11.9 Å². The maximum absolute atomic E-state index is 12.2. The summed E-state index contributed by atoms with van der Waals surface area (Å²) in [6.45, 7) is 8.23. The molecule has 0 aliphatic heterocycles. The number of aryl methyl sites for hydroxylation is 1. The molecule has 0 radical (unpaired) electrons. The van der Waals surface area contributed by atoms with E-state index in [2.05, 4.69) is 24.6 Å². The van der Waals surface area contributed by atoms with Gasteiger partial charge in [0.05, 0.1) is 11.3 Å². The third kappa shape index (κ3) is 3.47. The number of rotatable bonds is 5. The Morgan fingerprint density at radius 1 is 1.39 bits per heavy atom. The van der Waals surface area contributed by atoms with Crippen LogP contribution in [0.2, 0.25) is 0 Å². The zero-order valence-corrected chi connectivity index (χ0v) is 11.6. The molecule has 100 valence electrons. The van der Waals surface area contributed by atoms with Crippen molar-refractivity contribution in [1.82, 2.24) is 5.32 Å². The Morgan fingerprint density at radius 3 is 2.61 bits per heavy atom. The van der Waals surface area contributed by atoms with Crippen LogP contribution in [0.1, 0.15) is 43.1 Å². The monoisotopic (exact) mass is 249 g/mol. The number of benzene rings is 1. The van der Waals surface area contributed by atoms with Gasteiger partial charge in [0, 0.05) is 6.04 Å². The minimum atomic E-state index is -0.0873. The zero-order chi connectivity index (χ0) is 13.7. The van der Waals surface area contributed by atoms with Crippen LogP contribution in [0.15, 0.2) is 18.2 Å². The summed E-state index contributed by atoms with van der Waals surface area (Å²) in [5.41, 5.74) is 4.88. The van der Waals surface area contributed by atoms with Crippen LogP contribution in [0, 0.1) is 12.8 Å². The summed E-state index contributed by atoms with van der Waals surface area (Å²) in [7, 11) is 0. The van der Waals surface area contributed by atoms with Gasteiger partial charge in [-0.15, -0.1) is 0 Å². The molecule has 0 saturated heterocycles. The maximum Gasteiger partial charge on any atom is 0.253 e. The third-order valence-electron chi connectivity index (χ3n) is 3.43. The minimum absolute atomic E-state index is 0.0873. The molecule has 4 heteroatoms. The van der Waals surface area contributed by atoms with E-state index >= 15 is 0 Å². The van der Waals surface area contributed by atoms with Gasteiger partial charge in [-0.05, 0) is 37.5 Å². The molecule has 1 aromatic rings. The fourth-order valence-corrected chi connectivity index (χ4v) is 1.76. The summed E-state index contributed by atoms with van der Waals surface area (Å²) >= 11 is 0. The van der Waals surface area contributed by atoms with Crippen LogP contribution in [0.4, 0.5) is 5.69 Å². The number of carbonyl (C=O) groups is 1. The number of nitrogens with two attached hydrogens (primary N) is 1. The van der Waals surface area contributed by atoms with E-state index < -0.39 is 0 Å². The van der Waals surface area contributed by atoms with Crippen molar-refractivity contribution in [3.8, 4) is 0 Å². The van der Waals surface area contributed by atoms with Gasteiger partial charge in [0.15, 0.2) is 0 Å². The molecule has 0 aromatic heterocycles. The fraction of sp³-hybridized carbons (Fsp3) is 0.500. The van der Waals surface area contributed by atoms with Gasteiger partial charge in [-0.1, -0.05) is 26.3 Å². The molecule has 2 atom stereocenters. The molecular formula is C14H23N3O. The summed E-state index contributed by atoms with van der Waals surface area (Å²) in [5, 5.41) is 3.01. The second-order valence-electron chi connectivity index (χ2n) is 4.84. The van der Waals surface area contributed by atoms with Gasteiger partial charge in [0.2, 0.25) is 0 Å². The Labute approximate surface area is 109 Å². The third-order valence-corrected chi connectivity index (χ3v) is 3.43. The maximum atomic E-state index is 12.2. The number of nitrogen functional groups attached to an aromatic ring is 1. The summed E-state index contributed by atoms with van der Waals surface area (Å²) in [5.74, 6) is 5.81. The highest BCUT2D eigenvalue weighted by Crippen LogP contribution is 2.17. The molecular weight excluding hydrogens is 226 g/mol. The van der Waals surface area contributed by atoms with Crippen molar-refractivity contribution in [3.05, 3.63) is 29.3 Å². The van der Waals surface area contributed by atoms with Crippen molar-refractivity contribution < 1.29 is 4.79 Å². The Balaban J connectivity index is 2.84. The quantitative estimate of drug-likeness (QED) is 0.554. The van der Waals surface area contributed by atoms with Crippen LogP contribution in [0.3, 0.4) is 0 Å². The summed E-state index contributed by atoms with van der Waals surface area (Å²) in [6, 6.07) is 5.71. The lowest BCUT2D eigenvalue weighted by Gasteiger charge is -2.20. The molecule has 0 saturated carbocycles. The predicted molar refractivity (Wildman–Crippen MR) is 75.4 cm³/mol. The fourth-order valence-electron chi connectivity index (χ4n) is 1.76. The molecule has 1 rings (SSSR count). The topological polar surface area (TPSA) is 67.2 Å².